The first kappa shape index (κ1) is 14.6. The maximum absolute atomic E-state index is 12.3. The fourth-order valence-corrected chi connectivity index (χ4v) is 3.20. The average molecular weight is 335 g/mol. The van der Waals surface area contributed by atoms with Crippen LogP contribution in [-0.4, -0.2) is 15.9 Å². The summed E-state index contributed by atoms with van der Waals surface area (Å²) in [6.07, 6.45) is 1.70. The highest BCUT2D eigenvalue weighted by Gasteiger charge is 2.15. The third-order valence-corrected chi connectivity index (χ3v) is 4.54. The second-order valence-corrected chi connectivity index (χ2v) is 6.36. The number of amides is 1. The molecule has 24 heavy (non-hydrogen) atoms. The number of furan rings is 1. The fraction of sp³-hybridized carbons (Fsp3) is 0.0556. The highest BCUT2D eigenvalue weighted by molar-refractivity contribution is 7.21. The van der Waals surface area contributed by atoms with Crippen LogP contribution in [0.4, 0.5) is 5.82 Å². The minimum absolute atomic E-state index is 0.228. The molecule has 3 aromatic heterocycles. The number of fused-ring (bicyclic) bond motifs is 1. The Morgan fingerprint density at radius 2 is 2.00 bits per heavy atom. The predicted molar refractivity (Wildman–Crippen MR) is 94.2 cm³/mol. The van der Waals surface area contributed by atoms with Crippen molar-refractivity contribution < 1.29 is 9.21 Å². The third-order valence-electron chi connectivity index (χ3n) is 3.49. The Bertz CT molecular complexity index is 985. The summed E-state index contributed by atoms with van der Waals surface area (Å²) in [6.45, 7) is 1.94. The summed E-state index contributed by atoms with van der Waals surface area (Å²) in [5.74, 6) is 0.965. The van der Waals surface area contributed by atoms with Crippen molar-refractivity contribution in [3.05, 3.63) is 66.1 Å². The number of benzene rings is 1. The van der Waals surface area contributed by atoms with Crippen LogP contribution in [0, 0.1) is 6.92 Å². The molecule has 1 amide bonds. The van der Waals surface area contributed by atoms with Gasteiger partial charge in [-0.15, -0.1) is 11.3 Å². The van der Waals surface area contributed by atoms with Crippen molar-refractivity contribution in [2.24, 2.45) is 0 Å². The van der Waals surface area contributed by atoms with Gasteiger partial charge in [-0.3, -0.25) is 4.79 Å². The summed E-state index contributed by atoms with van der Waals surface area (Å²) in [5.41, 5.74) is 1.95. The number of aromatic nitrogens is 2. The van der Waals surface area contributed by atoms with Crippen LogP contribution in [-0.2, 0) is 0 Å². The van der Waals surface area contributed by atoms with E-state index in [2.05, 4.69) is 15.3 Å². The Labute approximate surface area is 142 Å². The highest BCUT2D eigenvalue weighted by Crippen LogP contribution is 2.31. The van der Waals surface area contributed by atoms with E-state index in [4.69, 9.17) is 4.42 Å². The second-order valence-electron chi connectivity index (χ2n) is 5.33. The maximum Gasteiger partial charge on any atom is 0.292 e. The molecule has 6 heteroatoms. The Morgan fingerprint density at radius 3 is 2.79 bits per heavy atom. The molecule has 0 aliphatic heterocycles. The zero-order chi connectivity index (χ0) is 16.5. The van der Waals surface area contributed by atoms with Gasteiger partial charge in [-0.1, -0.05) is 18.2 Å². The fourth-order valence-electron chi connectivity index (χ4n) is 2.27. The quantitative estimate of drug-likeness (QED) is 0.598. The van der Waals surface area contributed by atoms with Crippen LogP contribution >= 0.6 is 11.3 Å². The van der Waals surface area contributed by atoms with E-state index in [-0.39, 0.29) is 11.7 Å². The number of carbonyl (C=O) groups is 1. The zero-order valence-corrected chi connectivity index (χ0v) is 13.6. The topological polar surface area (TPSA) is 68.0 Å². The van der Waals surface area contributed by atoms with Gasteiger partial charge in [-0.2, -0.15) is 0 Å². The van der Waals surface area contributed by atoms with Crippen molar-refractivity contribution in [2.75, 3.05) is 5.32 Å². The number of para-hydroxylation sites is 1. The van der Waals surface area contributed by atoms with E-state index in [1.54, 1.807) is 24.4 Å². The van der Waals surface area contributed by atoms with Gasteiger partial charge in [0.2, 0.25) is 0 Å². The van der Waals surface area contributed by atoms with Crippen LogP contribution in [0.2, 0.25) is 0 Å². The van der Waals surface area contributed by atoms with Crippen LogP contribution in [0.15, 0.2) is 59.1 Å². The first-order valence-corrected chi connectivity index (χ1v) is 8.20. The minimum Gasteiger partial charge on any atom is -0.448 e. The van der Waals surface area contributed by atoms with Gasteiger partial charge < -0.3 is 9.73 Å². The van der Waals surface area contributed by atoms with E-state index >= 15 is 0 Å². The minimum atomic E-state index is -0.335. The van der Waals surface area contributed by atoms with Gasteiger partial charge in [0, 0.05) is 6.20 Å². The number of anilines is 1. The van der Waals surface area contributed by atoms with E-state index in [1.807, 2.05) is 37.3 Å². The van der Waals surface area contributed by atoms with Crippen molar-refractivity contribution in [3.8, 4) is 10.8 Å². The monoisotopic (exact) mass is 335 g/mol. The molecule has 1 aromatic carbocycles. The van der Waals surface area contributed by atoms with Gasteiger partial charge >= 0.3 is 0 Å². The van der Waals surface area contributed by atoms with Crippen molar-refractivity contribution in [1.29, 1.82) is 0 Å². The molecule has 1 N–H and O–H groups in total. The summed E-state index contributed by atoms with van der Waals surface area (Å²) in [6, 6.07) is 14.9. The van der Waals surface area contributed by atoms with Gasteiger partial charge in [0.15, 0.2) is 16.5 Å². The number of nitrogens with zero attached hydrogens (tertiary/aromatic N) is 2. The molecular weight excluding hydrogens is 322 g/mol. The molecular formula is C18H13N3O2S. The van der Waals surface area contributed by atoms with E-state index in [9.17, 15) is 4.79 Å². The van der Waals surface area contributed by atoms with Crippen LogP contribution in [0.25, 0.3) is 21.0 Å². The van der Waals surface area contributed by atoms with E-state index < -0.39 is 0 Å². The van der Waals surface area contributed by atoms with Crippen molar-refractivity contribution in [1.82, 2.24) is 9.97 Å². The molecule has 0 aliphatic carbocycles. The van der Waals surface area contributed by atoms with Gasteiger partial charge in [0.05, 0.1) is 10.2 Å². The molecule has 0 unspecified atom stereocenters. The molecule has 5 nitrogen and oxygen atoms in total. The summed E-state index contributed by atoms with van der Waals surface area (Å²) in [4.78, 5) is 20.9. The number of thiazole rings is 1. The molecule has 4 rings (SSSR count). The number of hydrogen-bond acceptors (Lipinski definition) is 5. The van der Waals surface area contributed by atoms with Crippen molar-refractivity contribution >= 4 is 33.3 Å². The standard InChI is InChI=1S/C18H13N3O2S/c1-11-6-9-16(19-10-11)21-17(22)13-7-8-14(23-13)18-20-12-4-2-3-5-15(12)24-18/h2-10H,1H3,(H,19,21,22). The van der Waals surface area contributed by atoms with Crippen LogP contribution in [0.3, 0.4) is 0 Å². The Hall–Kier alpha value is -2.99. The molecule has 0 aliphatic rings. The van der Waals surface area contributed by atoms with Gasteiger partial charge in [-0.25, -0.2) is 9.97 Å². The lowest BCUT2D eigenvalue weighted by Crippen LogP contribution is -2.11. The third kappa shape index (κ3) is 2.79. The number of aryl methyl sites for hydroxylation is 1. The normalized spacial score (nSPS) is 10.9. The number of pyridine rings is 1. The molecule has 0 saturated heterocycles. The van der Waals surface area contributed by atoms with Crippen LogP contribution < -0.4 is 5.32 Å². The maximum atomic E-state index is 12.3. The smallest absolute Gasteiger partial charge is 0.292 e. The number of carbonyl (C=O) groups excluding carboxylic acids is 1. The number of rotatable bonds is 3. The first-order chi connectivity index (χ1) is 11.7. The first-order valence-electron chi connectivity index (χ1n) is 7.39. The largest absolute Gasteiger partial charge is 0.448 e. The second kappa shape index (κ2) is 5.90. The lowest BCUT2D eigenvalue weighted by Gasteiger charge is -2.02. The van der Waals surface area contributed by atoms with Gasteiger partial charge in [-0.05, 0) is 42.8 Å². The molecule has 3 heterocycles. The molecule has 0 spiro atoms. The average Bonchev–Trinajstić information content (AvgIpc) is 3.23. The zero-order valence-electron chi connectivity index (χ0n) is 12.8. The van der Waals surface area contributed by atoms with E-state index in [0.717, 1.165) is 20.8 Å². The summed E-state index contributed by atoms with van der Waals surface area (Å²) < 4.78 is 6.75. The molecule has 0 fully saturated rings. The lowest BCUT2D eigenvalue weighted by atomic mass is 10.3. The number of hydrogen-bond donors (Lipinski definition) is 1. The predicted octanol–water partition coefficient (Wildman–Crippen LogP) is 4.51. The van der Waals surface area contributed by atoms with Crippen molar-refractivity contribution in [3.63, 3.8) is 0 Å². The molecule has 0 bridgehead atoms. The highest BCUT2D eigenvalue weighted by atomic mass is 32.1. The van der Waals surface area contributed by atoms with Crippen molar-refractivity contribution in [2.45, 2.75) is 6.92 Å². The van der Waals surface area contributed by atoms with Crippen LogP contribution in [0.1, 0.15) is 16.1 Å². The Kier molecular flexibility index (Phi) is 3.59. The van der Waals surface area contributed by atoms with E-state index in [0.29, 0.717) is 11.6 Å². The summed E-state index contributed by atoms with van der Waals surface area (Å²) >= 11 is 1.53. The Morgan fingerprint density at radius 1 is 1.12 bits per heavy atom. The summed E-state index contributed by atoms with van der Waals surface area (Å²) in [7, 11) is 0. The lowest BCUT2D eigenvalue weighted by molar-refractivity contribution is 0.0997. The van der Waals surface area contributed by atoms with Crippen LogP contribution in [0.5, 0.6) is 0 Å². The molecule has 118 valence electrons. The number of nitrogens with one attached hydrogen (secondary N) is 1. The molecule has 4 aromatic rings. The summed E-state index contributed by atoms with van der Waals surface area (Å²) in [5, 5.41) is 3.47. The Balaban J connectivity index is 1.57. The molecule has 0 saturated carbocycles. The van der Waals surface area contributed by atoms with E-state index in [1.165, 1.54) is 11.3 Å². The van der Waals surface area contributed by atoms with Gasteiger partial charge in [0.1, 0.15) is 5.82 Å². The molecule has 0 atom stereocenters. The molecule has 0 radical (unpaired) electrons. The van der Waals surface area contributed by atoms with Gasteiger partial charge in [0.25, 0.3) is 5.91 Å². The SMILES string of the molecule is Cc1ccc(NC(=O)c2ccc(-c3nc4ccccc4s3)o2)nc1.